The molecule has 4 atom stereocenters. The van der Waals surface area contributed by atoms with Gasteiger partial charge in [-0.3, -0.25) is 0 Å². The van der Waals surface area contributed by atoms with E-state index in [-0.39, 0.29) is 23.7 Å². The zero-order valence-corrected chi connectivity index (χ0v) is 41.8. The summed E-state index contributed by atoms with van der Waals surface area (Å²) in [6, 6.07) is 9.92. The number of anilines is 2. The molecular formula is C54H64F3N9O5. The molecule has 0 radical (unpaired) electrons. The molecule has 1 saturated carbocycles. The van der Waals surface area contributed by atoms with Gasteiger partial charge in [-0.25, -0.2) is 42.7 Å². The molecule has 5 aliphatic rings. The van der Waals surface area contributed by atoms with Gasteiger partial charge in [0.25, 0.3) is 0 Å². The Kier molecular flexibility index (Phi) is 14.2. The van der Waals surface area contributed by atoms with Crippen LogP contribution >= 0.6 is 0 Å². The number of carbonyl (C=O) groups excluding carboxylic acids is 2. The second-order valence-electron chi connectivity index (χ2n) is 19.7. The number of carbonyl (C=O) groups is 2. The predicted molar refractivity (Wildman–Crippen MR) is 266 cm³/mol. The molecule has 4 unspecified atom stereocenters. The molecule has 5 aromatic rings. The van der Waals surface area contributed by atoms with Gasteiger partial charge in [-0.15, -0.1) is 0 Å². The summed E-state index contributed by atoms with van der Waals surface area (Å²) in [6.45, 7) is 18.4. The van der Waals surface area contributed by atoms with Gasteiger partial charge < -0.3 is 38.4 Å². The lowest BCUT2D eigenvalue weighted by Gasteiger charge is -2.41. The number of piperazine rings is 2. The summed E-state index contributed by atoms with van der Waals surface area (Å²) in [4.78, 5) is 54.3. The van der Waals surface area contributed by atoms with Gasteiger partial charge in [0.05, 0.1) is 24.3 Å². The lowest BCUT2D eigenvalue weighted by atomic mass is 9.88. The van der Waals surface area contributed by atoms with Crippen LogP contribution < -0.4 is 9.80 Å². The normalized spacial score (nSPS) is 23.7. The van der Waals surface area contributed by atoms with Crippen LogP contribution in [0.25, 0.3) is 22.3 Å². The maximum Gasteiger partial charge on any atom is 0.410 e. The number of aryl methyl sites for hydroxylation is 2. The summed E-state index contributed by atoms with van der Waals surface area (Å²) in [6.07, 6.45) is 14.1. The monoisotopic (exact) mass is 975 g/mol. The number of nitrogens with zero attached hydrogens (tertiary/aromatic N) is 9. The third kappa shape index (κ3) is 9.69. The van der Waals surface area contributed by atoms with Crippen molar-refractivity contribution in [2.24, 2.45) is 5.92 Å². The lowest BCUT2D eigenvalue weighted by molar-refractivity contribution is -0.0169. The van der Waals surface area contributed by atoms with Crippen LogP contribution in [0.15, 0.2) is 79.0 Å². The molecule has 0 bridgehead atoms. The molecule has 2 amide bonds. The molecule has 2 aromatic carbocycles. The topological polar surface area (TPSA) is 131 Å². The smallest absolute Gasteiger partial charge is 0.410 e. The van der Waals surface area contributed by atoms with Gasteiger partial charge in [0.1, 0.15) is 47.4 Å². The lowest BCUT2D eigenvalue weighted by Crippen LogP contribution is -2.55. The molecule has 0 spiro atoms. The van der Waals surface area contributed by atoms with Gasteiger partial charge in [-0.05, 0) is 119 Å². The number of amides is 2. The van der Waals surface area contributed by atoms with Gasteiger partial charge in [-0.1, -0.05) is 32.1 Å². The van der Waals surface area contributed by atoms with Crippen LogP contribution in [-0.4, -0.2) is 123 Å². The molecule has 3 saturated heterocycles. The van der Waals surface area contributed by atoms with E-state index in [1.54, 1.807) is 28.5 Å². The number of aromatic nitrogens is 5. The van der Waals surface area contributed by atoms with Crippen molar-refractivity contribution >= 4 is 40.4 Å². The average molecular weight is 976 g/mol. The summed E-state index contributed by atoms with van der Waals surface area (Å²) >= 11 is 0. The first-order valence-corrected chi connectivity index (χ1v) is 24.9. The van der Waals surface area contributed by atoms with Crippen LogP contribution in [0, 0.1) is 30.3 Å². The largest absolute Gasteiger partial charge is 0.438 e. The van der Waals surface area contributed by atoms with E-state index in [2.05, 4.69) is 45.8 Å². The average Bonchev–Trinajstić information content (AvgIpc) is 3.55. The van der Waals surface area contributed by atoms with E-state index < -0.39 is 35.0 Å². The minimum atomic E-state index is -0.996. The van der Waals surface area contributed by atoms with Crippen molar-refractivity contribution in [2.75, 3.05) is 68.8 Å². The Balaban J connectivity index is 0.000000558. The summed E-state index contributed by atoms with van der Waals surface area (Å²) in [5.41, 5.74) is 5.71. The highest BCUT2D eigenvalue weighted by molar-refractivity contribution is 5.93. The van der Waals surface area contributed by atoms with Gasteiger partial charge >= 0.3 is 12.2 Å². The molecule has 6 heterocycles. The number of ether oxygens (including phenoxy) is 3. The highest BCUT2D eigenvalue weighted by Crippen LogP contribution is 2.59. The molecule has 71 heavy (non-hydrogen) atoms. The third-order valence-corrected chi connectivity index (χ3v) is 15.4. The van der Waals surface area contributed by atoms with Crippen LogP contribution in [0.2, 0.25) is 0 Å². The number of benzene rings is 2. The Labute approximate surface area is 413 Å². The predicted octanol–water partition coefficient (Wildman–Crippen LogP) is 9.98. The molecule has 3 aliphatic heterocycles. The van der Waals surface area contributed by atoms with Crippen LogP contribution in [-0.2, 0) is 20.6 Å². The number of halogens is 3. The summed E-state index contributed by atoms with van der Waals surface area (Å²) in [7, 11) is 0. The van der Waals surface area contributed by atoms with E-state index in [0.717, 1.165) is 52.8 Å². The summed E-state index contributed by atoms with van der Waals surface area (Å²) < 4.78 is 59.0. The molecule has 0 N–H and O–H groups in total. The van der Waals surface area contributed by atoms with E-state index >= 15 is 0 Å². The second-order valence-corrected chi connectivity index (χ2v) is 19.7. The van der Waals surface area contributed by atoms with Crippen molar-refractivity contribution in [1.82, 2.24) is 34.3 Å². The quantitative estimate of drug-likeness (QED) is 0.140. The number of allylic oxidation sites excluding steroid dienone is 4. The number of rotatable bonds is 9. The standard InChI is InChI=1S/C46H56FN9O5.C8H8F2/c1-7-36(32-12-9-8-10-13-32)38-30(3)48-27-49-40(38)52-16-18-53(19-17-52)43(57)60-45(5)31(4)46(45,6)61-44(58)54-20-21-55(29(2)23-54)41-39-37(33-25-59-26-33)24-56(42(39)51-28-50-41)35-15-11-14-34(47)22-35;1-2-6-3-7(9)5-8(10)4-6/h7,11-12,14-15,22,24,27-29,31,33H,8-10,13,16-21,23,25-26H2,1-6H3;3-5H,2H2,1H3/b36-7-;. The maximum absolute atomic E-state index is 14.3. The minimum absolute atomic E-state index is 0.106. The van der Waals surface area contributed by atoms with E-state index in [1.807, 2.05) is 51.4 Å². The van der Waals surface area contributed by atoms with Crippen LogP contribution in [0.3, 0.4) is 0 Å². The van der Waals surface area contributed by atoms with E-state index in [4.69, 9.17) is 24.2 Å². The Morgan fingerprint density at radius 3 is 2.13 bits per heavy atom. The van der Waals surface area contributed by atoms with Gasteiger partial charge in [-0.2, -0.15) is 0 Å². The molecule has 10 rings (SSSR count). The van der Waals surface area contributed by atoms with Crippen molar-refractivity contribution < 1.29 is 37.0 Å². The van der Waals surface area contributed by atoms with E-state index in [9.17, 15) is 22.8 Å². The molecule has 14 nitrogen and oxygen atoms in total. The van der Waals surface area contributed by atoms with Gasteiger partial charge in [0.2, 0.25) is 0 Å². The second kappa shape index (κ2) is 20.3. The Bertz CT molecular complexity index is 2840. The zero-order valence-electron chi connectivity index (χ0n) is 41.8. The number of fused-ring (bicyclic) bond motifs is 1. The molecule has 376 valence electrons. The minimum Gasteiger partial charge on any atom is -0.438 e. The van der Waals surface area contributed by atoms with Gasteiger partial charge in [0.15, 0.2) is 11.2 Å². The van der Waals surface area contributed by atoms with Crippen molar-refractivity contribution in [3.8, 4) is 5.69 Å². The van der Waals surface area contributed by atoms with Gasteiger partial charge in [0, 0.05) is 87.2 Å². The summed E-state index contributed by atoms with van der Waals surface area (Å²) in [5.74, 6) is 0.308. The van der Waals surface area contributed by atoms with E-state index in [1.165, 1.54) is 48.3 Å². The van der Waals surface area contributed by atoms with Crippen molar-refractivity contribution in [3.05, 3.63) is 119 Å². The molecule has 2 aliphatic carbocycles. The van der Waals surface area contributed by atoms with Crippen molar-refractivity contribution in [3.63, 3.8) is 0 Å². The number of hydrogen-bond donors (Lipinski definition) is 0. The van der Waals surface area contributed by atoms with E-state index in [0.29, 0.717) is 82.3 Å². The zero-order chi connectivity index (χ0) is 50.2. The first-order chi connectivity index (χ1) is 34.1. The van der Waals surface area contributed by atoms with Crippen molar-refractivity contribution in [2.45, 2.75) is 104 Å². The van der Waals surface area contributed by atoms with Crippen molar-refractivity contribution in [1.29, 1.82) is 0 Å². The Hall–Kier alpha value is -6.49. The third-order valence-electron chi connectivity index (χ3n) is 15.4. The summed E-state index contributed by atoms with van der Waals surface area (Å²) in [5, 5.41) is 0.908. The first-order valence-electron chi connectivity index (χ1n) is 24.9. The first kappa shape index (κ1) is 49.5. The number of hydrogen-bond acceptors (Lipinski definition) is 11. The molecular weight excluding hydrogens is 912 g/mol. The fourth-order valence-electron chi connectivity index (χ4n) is 10.6. The maximum atomic E-state index is 14.3. The Morgan fingerprint density at radius 2 is 1.51 bits per heavy atom. The van der Waals surface area contributed by atoms with Crippen LogP contribution in [0.4, 0.5) is 34.4 Å². The van der Waals surface area contributed by atoms with Crippen LogP contribution in [0.1, 0.15) is 95.5 Å². The highest BCUT2D eigenvalue weighted by Gasteiger charge is 2.76. The molecule has 3 aromatic heterocycles. The van der Waals surface area contributed by atoms with Crippen LogP contribution in [0.5, 0.6) is 0 Å². The molecule has 4 fully saturated rings. The fourth-order valence-corrected chi connectivity index (χ4v) is 10.6. The SMILES string of the molecule is C/C=C(/C1=CCCCC1)c1c(C)ncnc1N1CCN(C(=O)OC2(C)C(C)C2(C)OC(=O)N2CCN(c3ncnc4c3c(C3COC3)cn4-c3cccc(F)c3)C(C)C2)CC1.CCc1cc(F)cc(F)c1. The Morgan fingerprint density at radius 1 is 0.831 bits per heavy atom. The molecule has 17 heteroatoms. The fraction of sp³-hybridized carbons (Fsp3) is 0.481. The highest BCUT2D eigenvalue weighted by atomic mass is 19.1.